The Morgan fingerprint density at radius 1 is 1.47 bits per heavy atom. The second-order valence-corrected chi connectivity index (χ2v) is 3.85. The number of fused-ring (bicyclic) bond motifs is 1. The highest BCUT2D eigenvalue weighted by molar-refractivity contribution is 6.04. The van der Waals surface area contributed by atoms with E-state index < -0.39 is 24.0 Å². The van der Waals surface area contributed by atoms with Crippen molar-refractivity contribution in [1.29, 1.82) is 0 Å². The molecule has 1 heterocycles. The number of carbonyl (C=O) groups is 2. The quantitative estimate of drug-likeness (QED) is 0.655. The number of amides is 1. The lowest BCUT2D eigenvalue weighted by Crippen LogP contribution is -2.44. The number of benzene rings is 1. The smallest absolute Gasteiger partial charge is 0.322 e. The van der Waals surface area contributed by atoms with E-state index in [4.69, 9.17) is 10.8 Å². The molecule has 1 aromatic rings. The van der Waals surface area contributed by atoms with Crippen LogP contribution in [0.3, 0.4) is 0 Å². The molecule has 2 atom stereocenters. The molecular formula is C11H12N2O4. The summed E-state index contributed by atoms with van der Waals surface area (Å²) >= 11 is 0. The van der Waals surface area contributed by atoms with Crippen LogP contribution in [0.5, 0.6) is 0 Å². The van der Waals surface area contributed by atoms with Crippen LogP contribution in [-0.4, -0.2) is 34.7 Å². The number of aliphatic carboxylic acids is 1. The number of aliphatic hydroxyl groups excluding tert-OH is 1. The van der Waals surface area contributed by atoms with Gasteiger partial charge in [-0.25, -0.2) is 0 Å². The Bertz CT molecular complexity index is 474. The van der Waals surface area contributed by atoms with Gasteiger partial charge in [-0.2, -0.15) is 0 Å². The second kappa shape index (κ2) is 4.15. The maximum atomic E-state index is 11.7. The van der Waals surface area contributed by atoms with Gasteiger partial charge in [-0.05, 0) is 6.07 Å². The van der Waals surface area contributed by atoms with Crippen LogP contribution >= 0.6 is 0 Å². The highest BCUT2D eigenvalue weighted by Gasteiger charge is 2.36. The number of anilines is 1. The first-order valence-corrected chi connectivity index (χ1v) is 5.09. The summed E-state index contributed by atoms with van der Waals surface area (Å²) in [6, 6.07) is 5.53. The van der Waals surface area contributed by atoms with E-state index in [0.717, 1.165) is 0 Å². The molecule has 6 heteroatoms. The van der Waals surface area contributed by atoms with E-state index in [1.54, 1.807) is 24.3 Å². The van der Waals surface area contributed by atoms with Crippen LogP contribution in [0, 0.1) is 0 Å². The van der Waals surface area contributed by atoms with Crippen molar-refractivity contribution in [2.24, 2.45) is 5.73 Å². The molecule has 4 N–H and O–H groups in total. The summed E-state index contributed by atoms with van der Waals surface area (Å²) in [4.78, 5) is 23.6. The molecule has 6 nitrogen and oxygen atoms in total. The molecule has 0 spiro atoms. The largest absolute Gasteiger partial charge is 0.480 e. The lowest BCUT2D eigenvalue weighted by molar-refractivity contribution is -0.138. The third-order valence-electron chi connectivity index (χ3n) is 2.72. The van der Waals surface area contributed by atoms with Crippen molar-refractivity contribution in [3.63, 3.8) is 0 Å². The zero-order valence-corrected chi connectivity index (χ0v) is 8.91. The molecule has 0 radical (unpaired) electrons. The fraction of sp³-hybridized carbons (Fsp3) is 0.273. The van der Waals surface area contributed by atoms with Crippen molar-refractivity contribution in [1.82, 2.24) is 0 Å². The van der Waals surface area contributed by atoms with Gasteiger partial charge in [-0.15, -0.1) is 0 Å². The van der Waals surface area contributed by atoms with Gasteiger partial charge >= 0.3 is 5.97 Å². The fourth-order valence-corrected chi connectivity index (χ4v) is 1.83. The zero-order valence-electron chi connectivity index (χ0n) is 8.91. The van der Waals surface area contributed by atoms with Crippen molar-refractivity contribution < 1.29 is 19.8 Å². The number of hydrogen-bond donors (Lipinski definition) is 3. The molecule has 1 aromatic carbocycles. The minimum Gasteiger partial charge on any atom is -0.480 e. The molecule has 0 fully saturated rings. The number of nitrogens with two attached hydrogens (primary N) is 1. The highest BCUT2D eigenvalue weighted by atomic mass is 16.4. The average molecular weight is 236 g/mol. The van der Waals surface area contributed by atoms with Gasteiger partial charge in [0.2, 0.25) is 0 Å². The molecule has 0 aromatic heterocycles. The predicted molar refractivity (Wildman–Crippen MR) is 59.4 cm³/mol. The first-order chi connectivity index (χ1) is 8.02. The van der Waals surface area contributed by atoms with Crippen molar-refractivity contribution >= 4 is 17.6 Å². The molecule has 0 saturated heterocycles. The number of carboxylic acid groups (broad SMARTS) is 1. The maximum Gasteiger partial charge on any atom is 0.322 e. The number of carbonyl (C=O) groups excluding carboxylic acids is 1. The molecule has 90 valence electrons. The summed E-state index contributed by atoms with van der Waals surface area (Å²) < 4.78 is 0. The maximum absolute atomic E-state index is 11.7. The molecule has 1 aliphatic heterocycles. The first-order valence-electron chi connectivity index (χ1n) is 5.09. The van der Waals surface area contributed by atoms with E-state index in [1.807, 2.05) is 0 Å². The summed E-state index contributed by atoms with van der Waals surface area (Å²) in [6.07, 6.45) is -1.23. The summed E-state index contributed by atoms with van der Waals surface area (Å²) in [5.41, 5.74) is 6.38. The van der Waals surface area contributed by atoms with E-state index >= 15 is 0 Å². The summed E-state index contributed by atoms with van der Waals surface area (Å²) in [5, 5.41) is 18.4. The Labute approximate surface area is 97.3 Å². The number of nitrogens with zero attached hydrogens (tertiary/aromatic N) is 1. The van der Waals surface area contributed by atoms with Gasteiger partial charge in [0.15, 0.2) is 6.10 Å². The molecule has 1 unspecified atom stereocenters. The van der Waals surface area contributed by atoms with Gasteiger partial charge in [0, 0.05) is 5.56 Å². The van der Waals surface area contributed by atoms with Gasteiger partial charge in [0.25, 0.3) is 5.91 Å². The molecule has 0 saturated carbocycles. The first kappa shape index (κ1) is 11.6. The van der Waals surface area contributed by atoms with E-state index in [9.17, 15) is 14.7 Å². The van der Waals surface area contributed by atoms with Crippen LogP contribution in [0.4, 0.5) is 5.69 Å². The Hall–Kier alpha value is -1.92. The monoisotopic (exact) mass is 236 g/mol. The lowest BCUT2D eigenvalue weighted by Gasteiger charge is -2.19. The van der Waals surface area contributed by atoms with Crippen molar-refractivity contribution in [3.8, 4) is 0 Å². The van der Waals surface area contributed by atoms with E-state index in [1.165, 1.54) is 4.90 Å². The third-order valence-corrected chi connectivity index (χ3v) is 2.72. The summed E-state index contributed by atoms with van der Waals surface area (Å²) in [7, 11) is 0. The van der Waals surface area contributed by atoms with Crippen LogP contribution in [0.15, 0.2) is 24.3 Å². The fourth-order valence-electron chi connectivity index (χ4n) is 1.83. The predicted octanol–water partition coefficient (Wildman–Crippen LogP) is -0.522. The third kappa shape index (κ3) is 1.88. The normalized spacial score (nSPS) is 20.2. The van der Waals surface area contributed by atoms with Gasteiger partial charge in [0.05, 0.1) is 12.2 Å². The standard InChI is InChI=1S/C11H12N2O4/c12-7(11(16)17)5-13-8-4-2-1-3-6(8)9(14)10(13)15/h1-4,7,9,14H,5,12H2,(H,16,17)/t7-,9?/m0/s1. The van der Waals surface area contributed by atoms with E-state index in [-0.39, 0.29) is 6.54 Å². The number of hydrogen-bond acceptors (Lipinski definition) is 4. The van der Waals surface area contributed by atoms with Crippen LogP contribution in [0.2, 0.25) is 0 Å². The topological polar surface area (TPSA) is 104 Å². The van der Waals surface area contributed by atoms with Crippen molar-refractivity contribution in [2.45, 2.75) is 12.1 Å². The average Bonchev–Trinajstić information content (AvgIpc) is 2.55. The van der Waals surface area contributed by atoms with Crippen LogP contribution < -0.4 is 10.6 Å². The minimum absolute atomic E-state index is 0.151. The van der Waals surface area contributed by atoms with Gasteiger partial charge in [0.1, 0.15) is 6.04 Å². The molecule has 17 heavy (non-hydrogen) atoms. The number of para-hydroxylation sites is 1. The van der Waals surface area contributed by atoms with Crippen molar-refractivity contribution in [2.75, 3.05) is 11.4 Å². The van der Waals surface area contributed by atoms with Gasteiger partial charge in [-0.1, -0.05) is 18.2 Å². The lowest BCUT2D eigenvalue weighted by atomic mass is 10.1. The molecule has 0 bridgehead atoms. The molecule has 1 amide bonds. The van der Waals surface area contributed by atoms with E-state index in [0.29, 0.717) is 11.3 Å². The summed E-state index contributed by atoms with van der Waals surface area (Å²) in [5.74, 6) is -1.72. The van der Waals surface area contributed by atoms with Crippen LogP contribution in [0.25, 0.3) is 0 Å². The molecule has 2 rings (SSSR count). The van der Waals surface area contributed by atoms with E-state index in [2.05, 4.69) is 0 Å². The number of carboxylic acids is 1. The summed E-state index contributed by atoms with van der Waals surface area (Å²) in [6.45, 7) is -0.151. The minimum atomic E-state index is -1.23. The Morgan fingerprint density at radius 3 is 2.76 bits per heavy atom. The Morgan fingerprint density at radius 2 is 2.12 bits per heavy atom. The molecular weight excluding hydrogens is 224 g/mol. The van der Waals surface area contributed by atoms with Crippen molar-refractivity contribution in [3.05, 3.63) is 29.8 Å². The zero-order chi connectivity index (χ0) is 12.6. The van der Waals surface area contributed by atoms with Crippen LogP contribution in [0.1, 0.15) is 11.7 Å². The SMILES string of the molecule is N[C@@H](CN1C(=O)C(O)c2ccccc21)C(=O)O. The molecule has 0 aliphatic carbocycles. The molecule has 1 aliphatic rings. The van der Waals surface area contributed by atoms with Crippen LogP contribution in [-0.2, 0) is 9.59 Å². The highest BCUT2D eigenvalue weighted by Crippen LogP contribution is 2.35. The Kier molecular flexibility index (Phi) is 2.83. The Balaban J connectivity index is 2.30. The number of rotatable bonds is 3. The van der Waals surface area contributed by atoms with Gasteiger partial charge < -0.3 is 20.8 Å². The van der Waals surface area contributed by atoms with Gasteiger partial charge in [-0.3, -0.25) is 9.59 Å². The number of aliphatic hydroxyl groups is 1. The second-order valence-electron chi connectivity index (χ2n) is 3.85.